The summed E-state index contributed by atoms with van der Waals surface area (Å²) in [6, 6.07) is 12.4. The highest BCUT2D eigenvalue weighted by Gasteiger charge is 2.12. The average Bonchev–Trinajstić information content (AvgIpc) is 3.04. The van der Waals surface area contributed by atoms with Crippen molar-refractivity contribution in [3.8, 4) is 0 Å². The zero-order valence-corrected chi connectivity index (χ0v) is 13.8. The van der Waals surface area contributed by atoms with Crippen molar-refractivity contribution in [2.24, 2.45) is 5.73 Å². The third kappa shape index (κ3) is 5.23. The Hall–Kier alpha value is -2.11. The Labute approximate surface area is 137 Å². The first-order valence-electron chi connectivity index (χ1n) is 7.90. The van der Waals surface area contributed by atoms with Crippen molar-refractivity contribution in [3.63, 3.8) is 0 Å². The second-order valence-electron chi connectivity index (χ2n) is 5.80. The van der Waals surface area contributed by atoms with Crippen LogP contribution in [-0.2, 0) is 13.1 Å². The minimum absolute atomic E-state index is 0.119. The van der Waals surface area contributed by atoms with E-state index in [1.807, 2.05) is 6.07 Å². The lowest BCUT2D eigenvalue weighted by molar-refractivity contribution is 0.0948. The highest BCUT2D eigenvalue weighted by Crippen LogP contribution is 2.09. The fraction of sp³-hybridized carbons (Fsp3) is 0.389. The van der Waals surface area contributed by atoms with Crippen LogP contribution in [0.1, 0.15) is 35.0 Å². The van der Waals surface area contributed by atoms with Gasteiger partial charge in [-0.3, -0.25) is 9.69 Å². The van der Waals surface area contributed by atoms with E-state index in [2.05, 4.69) is 48.5 Å². The van der Waals surface area contributed by atoms with Gasteiger partial charge in [0.1, 0.15) is 12.0 Å². The van der Waals surface area contributed by atoms with E-state index >= 15 is 0 Å². The van der Waals surface area contributed by atoms with E-state index in [-0.39, 0.29) is 5.91 Å². The van der Waals surface area contributed by atoms with Gasteiger partial charge in [-0.1, -0.05) is 30.3 Å². The van der Waals surface area contributed by atoms with Crippen LogP contribution in [0.5, 0.6) is 0 Å². The molecule has 0 fully saturated rings. The van der Waals surface area contributed by atoms with Crippen molar-refractivity contribution < 1.29 is 9.21 Å². The molecule has 5 heteroatoms. The van der Waals surface area contributed by atoms with Gasteiger partial charge >= 0.3 is 0 Å². The molecule has 0 aliphatic rings. The molecule has 1 amide bonds. The summed E-state index contributed by atoms with van der Waals surface area (Å²) in [6.07, 6.45) is 2.33. The molecule has 0 bridgehead atoms. The number of amides is 1. The molecule has 1 atom stereocenters. The topological polar surface area (TPSA) is 71.5 Å². The Balaban J connectivity index is 1.73. The van der Waals surface area contributed by atoms with Crippen molar-refractivity contribution in [1.82, 2.24) is 10.2 Å². The van der Waals surface area contributed by atoms with Gasteiger partial charge in [-0.25, -0.2) is 0 Å². The van der Waals surface area contributed by atoms with E-state index < -0.39 is 0 Å². The van der Waals surface area contributed by atoms with Crippen molar-refractivity contribution in [2.75, 3.05) is 13.6 Å². The van der Waals surface area contributed by atoms with Crippen LogP contribution in [-0.4, -0.2) is 30.4 Å². The summed E-state index contributed by atoms with van der Waals surface area (Å²) in [4.78, 5) is 14.3. The lowest BCUT2D eigenvalue weighted by Crippen LogP contribution is -2.33. The number of hydrogen-bond acceptors (Lipinski definition) is 4. The number of benzene rings is 1. The zero-order valence-electron chi connectivity index (χ0n) is 13.8. The van der Waals surface area contributed by atoms with E-state index in [0.29, 0.717) is 30.5 Å². The largest absolute Gasteiger partial charge is 0.467 e. The van der Waals surface area contributed by atoms with E-state index in [9.17, 15) is 4.79 Å². The normalized spacial score (nSPS) is 12.3. The van der Waals surface area contributed by atoms with E-state index in [1.54, 1.807) is 6.07 Å². The zero-order chi connectivity index (χ0) is 16.7. The van der Waals surface area contributed by atoms with Crippen LogP contribution in [0, 0.1) is 0 Å². The molecule has 0 spiro atoms. The summed E-state index contributed by atoms with van der Waals surface area (Å²) in [7, 11) is 2.10. The van der Waals surface area contributed by atoms with Gasteiger partial charge in [0.15, 0.2) is 0 Å². The SMILES string of the molecule is CC(CCNC(=O)c1coc(CN)c1)N(C)Cc1ccccc1. The van der Waals surface area contributed by atoms with Crippen LogP contribution in [0.15, 0.2) is 47.1 Å². The van der Waals surface area contributed by atoms with E-state index in [4.69, 9.17) is 10.2 Å². The van der Waals surface area contributed by atoms with Gasteiger partial charge in [0.05, 0.1) is 12.1 Å². The van der Waals surface area contributed by atoms with Crippen molar-refractivity contribution >= 4 is 5.91 Å². The minimum atomic E-state index is -0.119. The van der Waals surface area contributed by atoms with Gasteiger partial charge in [0.25, 0.3) is 5.91 Å². The molecule has 1 unspecified atom stereocenters. The molecule has 1 aromatic heterocycles. The number of nitrogens with two attached hydrogens (primary N) is 1. The molecule has 3 N–H and O–H groups in total. The highest BCUT2D eigenvalue weighted by atomic mass is 16.3. The molecule has 0 aliphatic carbocycles. The van der Waals surface area contributed by atoms with Crippen LogP contribution in [0.25, 0.3) is 0 Å². The summed E-state index contributed by atoms with van der Waals surface area (Å²) in [5, 5.41) is 2.92. The summed E-state index contributed by atoms with van der Waals surface area (Å²) < 4.78 is 5.17. The Morgan fingerprint density at radius 3 is 2.74 bits per heavy atom. The third-order valence-corrected chi connectivity index (χ3v) is 3.99. The summed E-state index contributed by atoms with van der Waals surface area (Å²) in [6.45, 7) is 3.99. The average molecular weight is 315 g/mol. The molecule has 0 radical (unpaired) electrons. The summed E-state index contributed by atoms with van der Waals surface area (Å²) >= 11 is 0. The predicted molar refractivity (Wildman–Crippen MR) is 90.9 cm³/mol. The van der Waals surface area contributed by atoms with Gasteiger partial charge in [-0.15, -0.1) is 0 Å². The second kappa shape index (κ2) is 8.50. The monoisotopic (exact) mass is 315 g/mol. The van der Waals surface area contributed by atoms with E-state index in [0.717, 1.165) is 13.0 Å². The maximum absolute atomic E-state index is 12.0. The number of carbonyl (C=O) groups is 1. The number of hydrogen-bond donors (Lipinski definition) is 2. The van der Waals surface area contributed by atoms with Gasteiger partial charge in [0, 0.05) is 19.1 Å². The quantitative estimate of drug-likeness (QED) is 0.784. The number of nitrogens with zero attached hydrogens (tertiary/aromatic N) is 1. The third-order valence-electron chi connectivity index (χ3n) is 3.99. The summed E-state index contributed by atoms with van der Waals surface area (Å²) in [5.41, 5.74) is 7.28. The Kier molecular flexibility index (Phi) is 6.38. The minimum Gasteiger partial charge on any atom is -0.467 e. The fourth-order valence-electron chi connectivity index (χ4n) is 2.35. The molecule has 1 aromatic carbocycles. The fourth-order valence-corrected chi connectivity index (χ4v) is 2.35. The molecule has 0 aliphatic heterocycles. The molecular formula is C18H25N3O2. The molecule has 1 heterocycles. The highest BCUT2D eigenvalue weighted by molar-refractivity contribution is 5.93. The van der Waals surface area contributed by atoms with Crippen LogP contribution in [0.4, 0.5) is 0 Å². The van der Waals surface area contributed by atoms with Gasteiger partial charge in [-0.05, 0) is 32.0 Å². The lowest BCUT2D eigenvalue weighted by atomic mass is 10.1. The first kappa shape index (κ1) is 17.2. The van der Waals surface area contributed by atoms with Crippen molar-refractivity contribution in [3.05, 3.63) is 59.5 Å². The van der Waals surface area contributed by atoms with Crippen molar-refractivity contribution in [2.45, 2.75) is 32.5 Å². The molecule has 23 heavy (non-hydrogen) atoms. The van der Waals surface area contributed by atoms with Gasteiger partial charge < -0.3 is 15.5 Å². The van der Waals surface area contributed by atoms with Crippen LogP contribution < -0.4 is 11.1 Å². The molecule has 124 valence electrons. The predicted octanol–water partition coefficient (Wildman–Crippen LogP) is 2.38. The number of furan rings is 1. The van der Waals surface area contributed by atoms with Gasteiger partial charge in [0.2, 0.25) is 0 Å². The van der Waals surface area contributed by atoms with Crippen LogP contribution in [0.3, 0.4) is 0 Å². The molecule has 5 nitrogen and oxygen atoms in total. The van der Waals surface area contributed by atoms with Gasteiger partial charge in [-0.2, -0.15) is 0 Å². The maximum Gasteiger partial charge on any atom is 0.254 e. The Morgan fingerprint density at radius 2 is 2.09 bits per heavy atom. The molecular weight excluding hydrogens is 290 g/mol. The second-order valence-corrected chi connectivity index (χ2v) is 5.80. The molecule has 2 aromatic rings. The van der Waals surface area contributed by atoms with E-state index in [1.165, 1.54) is 11.8 Å². The van der Waals surface area contributed by atoms with Crippen LogP contribution >= 0.6 is 0 Å². The smallest absolute Gasteiger partial charge is 0.254 e. The summed E-state index contributed by atoms with van der Waals surface area (Å²) in [5.74, 6) is 0.498. The molecule has 0 saturated carbocycles. The maximum atomic E-state index is 12.0. The van der Waals surface area contributed by atoms with Crippen molar-refractivity contribution in [1.29, 1.82) is 0 Å². The standard InChI is InChI=1S/C18H25N3O2/c1-14(21(2)12-15-6-4-3-5-7-15)8-9-20-18(22)16-10-17(11-19)23-13-16/h3-7,10,13-14H,8-9,11-12,19H2,1-2H3,(H,20,22). The number of nitrogens with one attached hydrogen (secondary N) is 1. The Morgan fingerprint density at radius 1 is 1.35 bits per heavy atom. The molecule has 2 rings (SSSR count). The number of carbonyl (C=O) groups excluding carboxylic acids is 1. The number of rotatable bonds is 8. The first-order chi connectivity index (χ1) is 11.1. The first-order valence-corrected chi connectivity index (χ1v) is 7.90. The molecule has 0 saturated heterocycles. The van der Waals surface area contributed by atoms with Crippen LogP contribution in [0.2, 0.25) is 0 Å². The Bertz CT molecular complexity index is 610. The lowest BCUT2D eigenvalue weighted by Gasteiger charge is -2.24.